The Morgan fingerprint density at radius 1 is 0.923 bits per heavy atom. The maximum atomic E-state index is 8.30. The molecule has 2 nitrogen and oxygen atoms in total. The van der Waals surface area contributed by atoms with E-state index in [-0.39, 0.29) is 5.38 Å². The predicted molar refractivity (Wildman–Crippen MR) is 53.2 cm³/mol. The summed E-state index contributed by atoms with van der Waals surface area (Å²) in [4.78, 5) is 0. The Balaban J connectivity index is 3.17. The summed E-state index contributed by atoms with van der Waals surface area (Å²) >= 11 is 6.00. The first-order valence-corrected chi connectivity index (χ1v) is 5.13. The van der Waals surface area contributed by atoms with Crippen LogP contribution in [0.15, 0.2) is 0 Å². The minimum atomic E-state index is 0.187. The molecule has 0 aromatic heterocycles. The summed E-state index contributed by atoms with van der Waals surface area (Å²) in [6, 6.07) is 4.21. The highest BCUT2D eigenvalue weighted by atomic mass is 35.5. The second kappa shape index (κ2) is 9.36. The van der Waals surface area contributed by atoms with Gasteiger partial charge in [0.2, 0.25) is 0 Å². The zero-order valence-corrected chi connectivity index (χ0v) is 8.56. The number of rotatable bonds is 7. The van der Waals surface area contributed by atoms with E-state index in [1.54, 1.807) is 0 Å². The van der Waals surface area contributed by atoms with E-state index in [9.17, 15) is 0 Å². The topological polar surface area (TPSA) is 47.6 Å². The first-order valence-electron chi connectivity index (χ1n) is 4.69. The molecular weight excluding hydrogens is 184 g/mol. The van der Waals surface area contributed by atoms with Crippen molar-refractivity contribution in [3.63, 3.8) is 0 Å². The Morgan fingerprint density at radius 3 is 2.08 bits per heavy atom. The van der Waals surface area contributed by atoms with Crippen molar-refractivity contribution in [2.24, 2.45) is 0 Å². The molecule has 0 aromatic carbocycles. The van der Waals surface area contributed by atoms with Crippen molar-refractivity contribution in [3.8, 4) is 12.1 Å². The zero-order chi connectivity index (χ0) is 9.94. The van der Waals surface area contributed by atoms with Gasteiger partial charge < -0.3 is 0 Å². The molecule has 0 N–H and O–H groups in total. The number of hydrogen-bond donors (Lipinski definition) is 0. The molecular formula is C10H15ClN2. The van der Waals surface area contributed by atoms with E-state index in [1.165, 1.54) is 0 Å². The van der Waals surface area contributed by atoms with Crippen LogP contribution in [-0.4, -0.2) is 5.38 Å². The van der Waals surface area contributed by atoms with Gasteiger partial charge >= 0.3 is 0 Å². The molecule has 0 saturated carbocycles. The fourth-order valence-corrected chi connectivity index (χ4v) is 1.43. The summed E-state index contributed by atoms with van der Waals surface area (Å²) in [5, 5.41) is 16.8. The minimum Gasteiger partial charge on any atom is -0.198 e. The smallest absolute Gasteiger partial charge is 0.0621 e. The molecule has 0 fully saturated rings. The summed E-state index contributed by atoms with van der Waals surface area (Å²) in [7, 11) is 0. The molecule has 0 aliphatic carbocycles. The Hall–Kier alpha value is -0.730. The Labute approximate surface area is 85.1 Å². The number of unbranched alkanes of at least 4 members (excludes halogenated alkanes) is 3. The van der Waals surface area contributed by atoms with Gasteiger partial charge in [-0.05, 0) is 25.7 Å². The third kappa shape index (κ3) is 9.18. The average molecular weight is 199 g/mol. The maximum Gasteiger partial charge on any atom is 0.0621 e. The van der Waals surface area contributed by atoms with Gasteiger partial charge in [0.15, 0.2) is 0 Å². The van der Waals surface area contributed by atoms with E-state index >= 15 is 0 Å². The highest BCUT2D eigenvalue weighted by Crippen LogP contribution is 2.14. The van der Waals surface area contributed by atoms with Crippen molar-refractivity contribution in [1.82, 2.24) is 0 Å². The fraction of sp³-hybridized carbons (Fsp3) is 0.800. The fourth-order valence-electron chi connectivity index (χ4n) is 1.12. The molecule has 0 amide bonds. The molecule has 0 saturated heterocycles. The van der Waals surface area contributed by atoms with Crippen LogP contribution < -0.4 is 0 Å². The molecule has 0 heterocycles. The lowest BCUT2D eigenvalue weighted by molar-refractivity contribution is 0.610. The summed E-state index contributed by atoms with van der Waals surface area (Å²) in [6.07, 6.45) is 5.97. The van der Waals surface area contributed by atoms with Crippen molar-refractivity contribution in [2.45, 2.75) is 50.3 Å². The third-order valence-electron chi connectivity index (χ3n) is 1.86. The lowest BCUT2D eigenvalue weighted by Crippen LogP contribution is -1.97. The molecule has 0 spiro atoms. The van der Waals surface area contributed by atoms with Crippen LogP contribution in [0.2, 0.25) is 0 Å². The van der Waals surface area contributed by atoms with Gasteiger partial charge in [0.25, 0.3) is 0 Å². The van der Waals surface area contributed by atoms with Crippen LogP contribution >= 0.6 is 11.6 Å². The first-order chi connectivity index (χ1) is 6.31. The van der Waals surface area contributed by atoms with E-state index in [1.807, 2.05) is 0 Å². The van der Waals surface area contributed by atoms with Crippen molar-refractivity contribution in [2.75, 3.05) is 0 Å². The van der Waals surface area contributed by atoms with Crippen molar-refractivity contribution in [1.29, 1.82) is 10.5 Å². The maximum absolute atomic E-state index is 8.30. The lowest BCUT2D eigenvalue weighted by Gasteiger charge is -2.06. The van der Waals surface area contributed by atoms with Crippen LogP contribution in [0.5, 0.6) is 0 Å². The molecule has 1 unspecified atom stereocenters. The molecule has 0 radical (unpaired) electrons. The monoisotopic (exact) mass is 198 g/mol. The molecule has 0 aliphatic rings. The van der Waals surface area contributed by atoms with Crippen molar-refractivity contribution in [3.05, 3.63) is 0 Å². The van der Waals surface area contributed by atoms with Gasteiger partial charge in [0.05, 0.1) is 12.1 Å². The quantitative estimate of drug-likeness (QED) is 0.465. The predicted octanol–water partition coefficient (Wildman–Crippen LogP) is 3.37. The average Bonchev–Trinajstić information content (AvgIpc) is 2.13. The number of nitrogens with zero attached hydrogens (tertiary/aromatic N) is 2. The Kier molecular flexibility index (Phi) is 8.83. The van der Waals surface area contributed by atoms with Gasteiger partial charge in [-0.15, -0.1) is 11.6 Å². The Morgan fingerprint density at radius 2 is 1.46 bits per heavy atom. The molecule has 72 valence electrons. The standard InChI is InChI=1S/C10H15ClN2/c11-10(7-3-5-9-13)6-2-1-4-8-12/h10H,1-7H2. The van der Waals surface area contributed by atoms with Crippen molar-refractivity contribution >= 4 is 11.6 Å². The summed E-state index contributed by atoms with van der Waals surface area (Å²) < 4.78 is 0. The normalized spacial score (nSPS) is 11.6. The molecule has 0 rings (SSSR count). The SMILES string of the molecule is N#CCCCCC(Cl)CCCC#N. The van der Waals surface area contributed by atoms with Crippen LogP contribution in [0.25, 0.3) is 0 Å². The van der Waals surface area contributed by atoms with Crippen LogP contribution in [0.1, 0.15) is 44.9 Å². The van der Waals surface area contributed by atoms with Crippen LogP contribution in [0, 0.1) is 22.7 Å². The van der Waals surface area contributed by atoms with Gasteiger partial charge in [-0.1, -0.05) is 6.42 Å². The molecule has 0 aromatic rings. The molecule has 1 atom stereocenters. The van der Waals surface area contributed by atoms with E-state index < -0.39 is 0 Å². The van der Waals surface area contributed by atoms with Gasteiger partial charge in [-0.3, -0.25) is 0 Å². The third-order valence-corrected chi connectivity index (χ3v) is 2.30. The second-order valence-corrected chi connectivity index (χ2v) is 3.67. The minimum absolute atomic E-state index is 0.187. The summed E-state index contributed by atoms with van der Waals surface area (Å²) in [5.41, 5.74) is 0. The number of halogens is 1. The highest BCUT2D eigenvalue weighted by molar-refractivity contribution is 6.20. The van der Waals surface area contributed by atoms with E-state index in [0.29, 0.717) is 12.8 Å². The molecule has 13 heavy (non-hydrogen) atoms. The van der Waals surface area contributed by atoms with Crippen LogP contribution in [-0.2, 0) is 0 Å². The first kappa shape index (κ1) is 12.3. The number of alkyl halides is 1. The molecule has 0 aliphatic heterocycles. The zero-order valence-electron chi connectivity index (χ0n) is 7.80. The summed E-state index contributed by atoms with van der Waals surface area (Å²) in [5.74, 6) is 0. The summed E-state index contributed by atoms with van der Waals surface area (Å²) in [6.45, 7) is 0. The van der Waals surface area contributed by atoms with Crippen molar-refractivity contribution < 1.29 is 0 Å². The van der Waals surface area contributed by atoms with E-state index in [4.69, 9.17) is 22.1 Å². The van der Waals surface area contributed by atoms with Gasteiger partial charge in [-0.25, -0.2) is 0 Å². The van der Waals surface area contributed by atoms with Gasteiger partial charge in [-0.2, -0.15) is 10.5 Å². The largest absolute Gasteiger partial charge is 0.198 e. The number of nitriles is 2. The van der Waals surface area contributed by atoms with Crippen LogP contribution in [0.3, 0.4) is 0 Å². The van der Waals surface area contributed by atoms with Gasteiger partial charge in [0.1, 0.15) is 0 Å². The highest BCUT2D eigenvalue weighted by Gasteiger charge is 2.03. The second-order valence-electron chi connectivity index (χ2n) is 3.05. The van der Waals surface area contributed by atoms with E-state index in [0.717, 1.165) is 32.1 Å². The van der Waals surface area contributed by atoms with Gasteiger partial charge in [0, 0.05) is 18.2 Å². The number of hydrogen-bond acceptors (Lipinski definition) is 2. The Bertz CT molecular complexity index is 190. The van der Waals surface area contributed by atoms with E-state index in [2.05, 4.69) is 12.1 Å². The van der Waals surface area contributed by atoms with Crippen LogP contribution in [0.4, 0.5) is 0 Å². The molecule has 3 heteroatoms. The molecule has 0 bridgehead atoms. The lowest BCUT2D eigenvalue weighted by atomic mass is 10.1.